The highest BCUT2D eigenvalue weighted by molar-refractivity contribution is 6.34. The van der Waals surface area contributed by atoms with Crippen molar-refractivity contribution >= 4 is 46.4 Å². The molecule has 0 bridgehead atoms. The SMILES string of the molecule is CCOC(=O)c1ccc(NC(=O)OCc2cnc(-c3cc4nc(C(=O)OCC)c(OCC)nc4cc3Cl)[nH]2)cc1. The number of hydrogen-bond acceptors (Lipinski definition) is 10. The van der Waals surface area contributed by atoms with Crippen LogP contribution in [0.5, 0.6) is 5.88 Å². The quantitative estimate of drug-likeness (QED) is 0.193. The summed E-state index contributed by atoms with van der Waals surface area (Å²) in [6.45, 7) is 5.81. The second-order valence-electron chi connectivity index (χ2n) is 8.11. The standard InChI is InChI=1S/C27H26ClN5O7/c1-4-37-24-22(26(35)39-6-3)32-20-11-18(19(28)12-21(20)33-24)23-29-13-17(30-23)14-40-27(36)31-16-9-7-15(8-10-16)25(34)38-5-2/h7-13H,4-6,14H2,1-3H3,(H,29,30)(H,31,36). The molecule has 12 nitrogen and oxygen atoms in total. The van der Waals surface area contributed by atoms with Gasteiger partial charge in [0.05, 0.1) is 53.3 Å². The van der Waals surface area contributed by atoms with Crippen LogP contribution >= 0.6 is 11.6 Å². The minimum atomic E-state index is -0.698. The molecule has 0 saturated carbocycles. The Hall–Kier alpha value is -4.71. The monoisotopic (exact) mass is 567 g/mol. The zero-order chi connectivity index (χ0) is 28.6. The first-order chi connectivity index (χ1) is 19.3. The molecule has 2 aromatic heterocycles. The Labute approximate surface area is 234 Å². The molecule has 0 aliphatic rings. The third-order valence-electron chi connectivity index (χ3n) is 5.36. The number of fused-ring (bicyclic) bond motifs is 1. The molecule has 0 spiro atoms. The number of rotatable bonds is 10. The van der Waals surface area contributed by atoms with Crippen LogP contribution in [-0.2, 0) is 20.8 Å². The maximum absolute atomic E-state index is 12.4. The molecule has 2 aromatic carbocycles. The number of nitrogens with one attached hydrogen (secondary N) is 2. The van der Waals surface area contributed by atoms with E-state index in [0.717, 1.165) is 0 Å². The van der Waals surface area contributed by atoms with E-state index < -0.39 is 18.0 Å². The highest BCUT2D eigenvalue weighted by atomic mass is 35.5. The molecule has 13 heteroatoms. The average Bonchev–Trinajstić information content (AvgIpc) is 3.41. The van der Waals surface area contributed by atoms with E-state index >= 15 is 0 Å². The van der Waals surface area contributed by atoms with E-state index in [1.807, 2.05) is 0 Å². The lowest BCUT2D eigenvalue weighted by Crippen LogP contribution is -2.14. The van der Waals surface area contributed by atoms with Gasteiger partial charge in [0.25, 0.3) is 0 Å². The zero-order valence-electron chi connectivity index (χ0n) is 21.9. The van der Waals surface area contributed by atoms with Crippen molar-refractivity contribution in [3.05, 3.63) is 64.6 Å². The van der Waals surface area contributed by atoms with Crippen LogP contribution in [0.25, 0.3) is 22.4 Å². The molecule has 2 heterocycles. The summed E-state index contributed by atoms with van der Waals surface area (Å²) in [6.07, 6.45) is 0.807. The molecule has 4 aromatic rings. The van der Waals surface area contributed by atoms with Gasteiger partial charge in [-0.3, -0.25) is 5.32 Å². The van der Waals surface area contributed by atoms with E-state index in [1.165, 1.54) is 6.20 Å². The largest absolute Gasteiger partial charge is 0.476 e. The number of hydrogen-bond donors (Lipinski definition) is 2. The van der Waals surface area contributed by atoms with Crippen molar-refractivity contribution in [2.45, 2.75) is 27.4 Å². The molecule has 0 aliphatic carbocycles. The lowest BCUT2D eigenvalue weighted by atomic mass is 10.1. The number of anilines is 1. The summed E-state index contributed by atoms with van der Waals surface area (Å²) in [5, 5.41) is 2.92. The number of aromatic amines is 1. The van der Waals surface area contributed by atoms with E-state index in [-0.39, 0.29) is 38.0 Å². The molecule has 40 heavy (non-hydrogen) atoms. The maximum atomic E-state index is 12.4. The zero-order valence-corrected chi connectivity index (χ0v) is 22.7. The molecular weight excluding hydrogens is 542 g/mol. The molecular formula is C27H26ClN5O7. The maximum Gasteiger partial charge on any atom is 0.412 e. The van der Waals surface area contributed by atoms with Crippen LogP contribution in [0.1, 0.15) is 47.3 Å². The second kappa shape index (κ2) is 12.9. The van der Waals surface area contributed by atoms with E-state index in [0.29, 0.717) is 44.4 Å². The Morgan fingerprint density at radius 1 is 0.900 bits per heavy atom. The molecule has 0 fully saturated rings. The molecule has 1 amide bonds. The van der Waals surface area contributed by atoms with Gasteiger partial charge in [0.15, 0.2) is 0 Å². The number of esters is 2. The smallest absolute Gasteiger partial charge is 0.412 e. The van der Waals surface area contributed by atoms with Crippen LogP contribution in [0.15, 0.2) is 42.6 Å². The van der Waals surface area contributed by atoms with E-state index in [1.54, 1.807) is 57.2 Å². The van der Waals surface area contributed by atoms with Crippen LogP contribution in [0.3, 0.4) is 0 Å². The van der Waals surface area contributed by atoms with Crippen molar-refractivity contribution in [2.75, 3.05) is 25.1 Å². The van der Waals surface area contributed by atoms with Gasteiger partial charge in [0.1, 0.15) is 12.4 Å². The molecule has 2 N–H and O–H groups in total. The van der Waals surface area contributed by atoms with Crippen LogP contribution in [0, 0.1) is 0 Å². The lowest BCUT2D eigenvalue weighted by Gasteiger charge is -2.10. The minimum absolute atomic E-state index is 0.0421. The van der Waals surface area contributed by atoms with Gasteiger partial charge < -0.3 is 23.9 Å². The van der Waals surface area contributed by atoms with Gasteiger partial charge in [-0.15, -0.1) is 0 Å². The van der Waals surface area contributed by atoms with E-state index in [4.69, 9.17) is 30.5 Å². The summed E-state index contributed by atoms with van der Waals surface area (Å²) in [4.78, 5) is 52.6. The fourth-order valence-electron chi connectivity index (χ4n) is 3.58. The predicted octanol–water partition coefficient (Wildman–Crippen LogP) is 5.17. The van der Waals surface area contributed by atoms with Crippen molar-refractivity contribution in [1.82, 2.24) is 19.9 Å². The molecule has 0 atom stereocenters. The van der Waals surface area contributed by atoms with Crippen LogP contribution in [0.4, 0.5) is 10.5 Å². The number of H-pyrrole nitrogens is 1. The van der Waals surface area contributed by atoms with Crippen LogP contribution < -0.4 is 10.1 Å². The number of benzene rings is 2. The second-order valence-corrected chi connectivity index (χ2v) is 8.51. The average molecular weight is 568 g/mol. The third kappa shape index (κ3) is 6.64. The van der Waals surface area contributed by atoms with Crippen molar-refractivity contribution in [3.8, 4) is 17.3 Å². The van der Waals surface area contributed by atoms with Gasteiger partial charge in [-0.25, -0.2) is 29.3 Å². The fraction of sp³-hybridized carbons (Fsp3) is 0.259. The summed E-state index contributed by atoms with van der Waals surface area (Å²) >= 11 is 6.51. The first-order valence-electron chi connectivity index (χ1n) is 12.4. The number of nitrogens with zero attached hydrogens (tertiary/aromatic N) is 3. The summed E-state index contributed by atoms with van der Waals surface area (Å²) in [6, 6.07) is 9.45. The summed E-state index contributed by atoms with van der Waals surface area (Å²) in [5.41, 5.74) is 2.59. The number of imidazole rings is 1. The summed E-state index contributed by atoms with van der Waals surface area (Å²) in [7, 11) is 0. The highest BCUT2D eigenvalue weighted by Gasteiger charge is 2.21. The lowest BCUT2D eigenvalue weighted by molar-refractivity contribution is 0.0508. The van der Waals surface area contributed by atoms with Gasteiger partial charge in [0.2, 0.25) is 11.6 Å². The fourth-order valence-corrected chi connectivity index (χ4v) is 3.83. The number of carbonyl (C=O) groups is 3. The molecule has 0 aliphatic heterocycles. The van der Waals surface area contributed by atoms with Crippen LogP contribution in [-0.4, -0.2) is 57.8 Å². The van der Waals surface area contributed by atoms with Crippen LogP contribution in [0.2, 0.25) is 5.02 Å². The van der Waals surface area contributed by atoms with Crippen molar-refractivity contribution in [1.29, 1.82) is 0 Å². The highest BCUT2D eigenvalue weighted by Crippen LogP contribution is 2.31. The Balaban J connectivity index is 1.46. The normalized spacial score (nSPS) is 10.7. The topological polar surface area (TPSA) is 155 Å². The Bertz CT molecular complexity index is 1540. The molecule has 208 valence electrons. The Morgan fingerprint density at radius 3 is 2.30 bits per heavy atom. The van der Waals surface area contributed by atoms with E-state index in [2.05, 4.69) is 25.3 Å². The van der Waals surface area contributed by atoms with Crippen molar-refractivity contribution in [2.24, 2.45) is 0 Å². The summed E-state index contributed by atoms with van der Waals surface area (Å²) < 4.78 is 20.8. The Kier molecular flexibility index (Phi) is 9.12. The van der Waals surface area contributed by atoms with Gasteiger partial charge in [-0.05, 0) is 57.2 Å². The molecule has 0 radical (unpaired) electrons. The summed E-state index contributed by atoms with van der Waals surface area (Å²) in [5.74, 6) is -0.640. The minimum Gasteiger partial charge on any atom is -0.476 e. The molecule has 0 unspecified atom stereocenters. The first-order valence-corrected chi connectivity index (χ1v) is 12.8. The number of amides is 1. The van der Waals surface area contributed by atoms with Gasteiger partial charge >= 0.3 is 18.0 Å². The Morgan fingerprint density at radius 2 is 1.60 bits per heavy atom. The third-order valence-corrected chi connectivity index (χ3v) is 5.67. The molecule has 4 rings (SSSR count). The van der Waals surface area contributed by atoms with Crippen molar-refractivity contribution < 1.29 is 33.3 Å². The number of carbonyl (C=O) groups excluding carboxylic acids is 3. The number of ether oxygens (including phenoxy) is 4. The van der Waals surface area contributed by atoms with Gasteiger partial charge in [0, 0.05) is 11.3 Å². The first kappa shape index (κ1) is 28.3. The van der Waals surface area contributed by atoms with Crippen molar-refractivity contribution in [3.63, 3.8) is 0 Å². The van der Waals surface area contributed by atoms with E-state index in [9.17, 15) is 14.4 Å². The number of aromatic nitrogens is 4. The number of halogens is 1. The van der Waals surface area contributed by atoms with Gasteiger partial charge in [-0.2, -0.15) is 0 Å². The van der Waals surface area contributed by atoms with Gasteiger partial charge in [-0.1, -0.05) is 11.6 Å². The predicted molar refractivity (Wildman–Crippen MR) is 145 cm³/mol. The molecule has 0 saturated heterocycles.